The van der Waals surface area contributed by atoms with Crippen LogP contribution in [0.15, 0.2) is 35.2 Å². The fraction of sp³-hybridized carbons (Fsp3) is 0.133. The van der Waals surface area contributed by atoms with Crippen molar-refractivity contribution in [3.8, 4) is 0 Å². The predicted octanol–water partition coefficient (Wildman–Crippen LogP) is 1.77. The van der Waals surface area contributed by atoms with Crippen molar-refractivity contribution in [2.45, 2.75) is 4.90 Å². The summed E-state index contributed by atoms with van der Waals surface area (Å²) < 4.78 is 78.8. The Morgan fingerprint density at radius 3 is 2.19 bits per heavy atom. The fourth-order valence-electron chi connectivity index (χ4n) is 1.94. The van der Waals surface area contributed by atoms with E-state index in [2.05, 4.69) is 0 Å². The SMILES string of the molecule is O=C(Nc1cc(F)c(F)c(F)c1)c1ccc(F)c(S(=O)(=O)NCCO)c1. The average Bonchev–Trinajstić information content (AvgIpc) is 2.58. The summed E-state index contributed by atoms with van der Waals surface area (Å²) in [4.78, 5) is 11.2. The second-order valence-electron chi connectivity index (χ2n) is 4.97. The molecule has 140 valence electrons. The van der Waals surface area contributed by atoms with E-state index in [0.29, 0.717) is 24.3 Å². The lowest BCUT2D eigenvalue weighted by atomic mass is 10.2. The standard InChI is InChI=1S/C15H12F4N2O4S/c16-10-2-1-8(5-13(10)26(24,25)20-3-4-22)15(23)21-9-6-11(17)14(19)12(18)7-9/h1-2,5-7,20,22H,3-4H2,(H,21,23). The molecule has 2 rings (SSSR count). The molecule has 0 aliphatic rings. The van der Waals surface area contributed by atoms with Gasteiger partial charge in [0.2, 0.25) is 10.0 Å². The number of hydrogen-bond acceptors (Lipinski definition) is 4. The van der Waals surface area contributed by atoms with Crippen LogP contribution < -0.4 is 10.0 Å². The first kappa shape index (κ1) is 19.8. The fourth-order valence-corrected chi connectivity index (χ4v) is 3.06. The molecule has 2 aromatic carbocycles. The Morgan fingerprint density at radius 1 is 1.00 bits per heavy atom. The smallest absolute Gasteiger partial charge is 0.255 e. The summed E-state index contributed by atoms with van der Waals surface area (Å²) in [6.07, 6.45) is 0. The number of anilines is 1. The van der Waals surface area contributed by atoms with Gasteiger partial charge in [-0.3, -0.25) is 4.79 Å². The molecule has 0 saturated heterocycles. The van der Waals surface area contributed by atoms with Crippen LogP contribution in [0, 0.1) is 23.3 Å². The molecule has 0 aliphatic carbocycles. The number of benzene rings is 2. The number of halogens is 4. The van der Waals surface area contributed by atoms with Crippen LogP contribution in [-0.4, -0.2) is 32.6 Å². The Labute approximate surface area is 145 Å². The first-order valence-electron chi connectivity index (χ1n) is 7.01. The van der Waals surface area contributed by atoms with E-state index >= 15 is 0 Å². The monoisotopic (exact) mass is 392 g/mol. The highest BCUT2D eigenvalue weighted by Gasteiger charge is 2.21. The number of amides is 1. The molecule has 3 N–H and O–H groups in total. The average molecular weight is 392 g/mol. The topological polar surface area (TPSA) is 95.5 Å². The molecule has 26 heavy (non-hydrogen) atoms. The molecular formula is C15H12F4N2O4S. The number of carbonyl (C=O) groups is 1. The molecule has 1 amide bonds. The van der Waals surface area contributed by atoms with Crippen molar-refractivity contribution in [3.05, 3.63) is 59.2 Å². The molecule has 0 aromatic heterocycles. The quantitative estimate of drug-likeness (QED) is 0.516. The van der Waals surface area contributed by atoms with E-state index in [-0.39, 0.29) is 12.1 Å². The number of hydrogen-bond donors (Lipinski definition) is 3. The van der Waals surface area contributed by atoms with Crippen LogP contribution in [0.3, 0.4) is 0 Å². The Balaban J connectivity index is 2.32. The molecule has 0 saturated carbocycles. The Bertz CT molecular complexity index is 928. The summed E-state index contributed by atoms with van der Waals surface area (Å²) in [5.74, 6) is -6.93. The van der Waals surface area contributed by atoms with Crippen molar-refractivity contribution in [2.75, 3.05) is 18.5 Å². The van der Waals surface area contributed by atoms with Gasteiger partial charge in [-0.05, 0) is 18.2 Å². The molecular weight excluding hydrogens is 380 g/mol. The second-order valence-corrected chi connectivity index (χ2v) is 6.71. The second kappa shape index (κ2) is 7.81. The highest BCUT2D eigenvalue weighted by atomic mass is 32.2. The maximum atomic E-state index is 13.8. The van der Waals surface area contributed by atoms with E-state index in [1.807, 2.05) is 10.0 Å². The molecule has 0 bridgehead atoms. The molecule has 0 unspecified atom stereocenters. The molecule has 0 atom stereocenters. The van der Waals surface area contributed by atoms with Gasteiger partial charge < -0.3 is 10.4 Å². The number of carbonyl (C=O) groups excluding carboxylic acids is 1. The summed E-state index contributed by atoms with van der Waals surface area (Å²) in [5, 5.41) is 10.7. The third kappa shape index (κ3) is 4.36. The molecule has 11 heteroatoms. The minimum Gasteiger partial charge on any atom is -0.395 e. The number of aliphatic hydroxyl groups excluding tert-OH is 1. The zero-order valence-corrected chi connectivity index (χ0v) is 13.7. The van der Waals surface area contributed by atoms with Gasteiger partial charge in [-0.1, -0.05) is 0 Å². The van der Waals surface area contributed by atoms with E-state index < -0.39 is 56.4 Å². The minimum atomic E-state index is -4.34. The van der Waals surface area contributed by atoms with Crippen LogP contribution in [0.2, 0.25) is 0 Å². The van der Waals surface area contributed by atoms with Crippen LogP contribution in [0.1, 0.15) is 10.4 Å². The lowest BCUT2D eigenvalue weighted by Gasteiger charge is -2.10. The lowest BCUT2D eigenvalue weighted by Crippen LogP contribution is -2.27. The van der Waals surface area contributed by atoms with Crippen LogP contribution in [0.25, 0.3) is 0 Å². The maximum absolute atomic E-state index is 13.8. The number of nitrogens with one attached hydrogen (secondary N) is 2. The molecule has 0 spiro atoms. The lowest BCUT2D eigenvalue weighted by molar-refractivity contribution is 0.102. The van der Waals surface area contributed by atoms with Crippen molar-refractivity contribution in [3.63, 3.8) is 0 Å². The van der Waals surface area contributed by atoms with Crippen LogP contribution >= 0.6 is 0 Å². The van der Waals surface area contributed by atoms with E-state index in [0.717, 1.165) is 6.07 Å². The molecule has 2 aromatic rings. The number of rotatable bonds is 6. The highest BCUT2D eigenvalue weighted by molar-refractivity contribution is 7.89. The normalized spacial score (nSPS) is 11.4. The summed E-state index contributed by atoms with van der Waals surface area (Å²) in [6.45, 7) is -0.894. The maximum Gasteiger partial charge on any atom is 0.255 e. The molecule has 0 radical (unpaired) electrons. The van der Waals surface area contributed by atoms with Crippen LogP contribution in [0.5, 0.6) is 0 Å². The predicted molar refractivity (Wildman–Crippen MR) is 82.9 cm³/mol. The third-order valence-electron chi connectivity index (χ3n) is 3.13. The van der Waals surface area contributed by atoms with Gasteiger partial charge in [0.05, 0.1) is 6.61 Å². The van der Waals surface area contributed by atoms with Crippen LogP contribution in [0.4, 0.5) is 23.2 Å². The Hall–Kier alpha value is -2.50. The van der Waals surface area contributed by atoms with Crippen molar-refractivity contribution in [1.82, 2.24) is 4.72 Å². The molecule has 6 nitrogen and oxygen atoms in total. The van der Waals surface area contributed by atoms with Gasteiger partial charge in [-0.15, -0.1) is 0 Å². The first-order valence-corrected chi connectivity index (χ1v) is 8.50. The van der Waals surface area contributed by atoms with Gasteiger partial charge in [0, 0.05) is 29.9 Å². The van der Waals surface area contributed by atoms with Gasteiger partial charge in [-0.25, -0.2) is 30.7 Å². The van der Waals surface area contributed by atoms with Gasteiger partial charge in [-0.2, -0.15) is 0 Å². The van der Waals surface area contributed by atoms with Crippen molar-refractivity contribution < 1.29 is 35.9 Å². The van der Waals surface area contributed by atoms with Crippen molar-refractivity contribution >= 4 is 21.6 Å². The van der Waals surface area contributed by atoms with Crippen molar-refractivity contribution in [2.24, 2.45) is 0 Å². The number of sulfonamides is 1. The van der Waals surface area contributed by atoms with Gasteiger partial charge in [0.25, 0.3) is 5.91 Å². The largest absolute Gasteiger partial charge is 0.395 e. The van der Waals surface area contributed by atoms with Gasteiger partial charge in [0.15, 0.2) is 17.5 Å². The number of aliphatic hydroxyl groups is 1. The zero-order valence-electron chi connectivity index (χ0n) is 12.9. The molecule has 0 aliphatic heterocycles. The Morgan fingerprint density at radius 2 is 1.62 bits per heavy atom. The summed E-state index contributed by atoms with van der Waals surface area (Å²) in [5.41, 5.74) is -0.751. The van der Waals surface area contributed by atoms with E-state index in [1.165, 1.54) is 0 Å². The minimum absolute atomic E-state index is 0.332. The summed E-state index contributed by atoms with van der Waals surface area (Å²) >= 11 is 0. The van der Waals surface area contributed by atoms with Gasteiger partial charge in [0.1, 0.15) is 10.7 Å². The van der Waals surface area contributed by atoms with Crippen molar-refractivity contribution in [1.29, 1.82) is 0 Å². The van der Waals surface area contributed by atoms with Gasteiger partial charge >= 0.3 is 0 Å². The Kier molecular flexibility index (Phi) is 5.95. The highest BCUT2D eigenvalue weighted by Crippen LogP contribution is 2.20. The van der Waals surface area contributed by atoms with E-state index in [9.17, 15) is 30.8 Å². The molecule has 0 heterocycles. The van der Waals surface area contributed by atoms with E-state index in [1.54, 1.807) is 0 Å². The van der Waals surface area contributed by atoms with Crippen LogP contribution in [-0.2, 0) is 10.0 Å². The van der Waals surface area contributed by atoms with E-state index in [4.69, 9.17) is 5.11 Å². The first-order chi connectivity index (χ1) is 12.2. The molecule has 0 fully saturated rings. The summed E-state index contributed by atoms with van der Waals surface area (Å²) in [6, 6.07) is 3.43. The third-order valence-corrected chi connectivity index (χ3v) is 4.60. The zero-order chi connectivity index (χ0) is 19.5. The summed E-state index contributed by atoms with van der Waals surface area (Å²) in [7, 11) is -4.34.